The van der Waals surface area contributed by atoms with Gasteiger partial charge >= 0.3 is 0 Å². The molecule has 0 bridgehead atoms. The second-order valence-electron chi connectivity index (χ2n) is 8.05. The van der Waals surface area contributed by atoms with Crippen LogP contribution in [0.25, 0.3) is 22.9 Å². The van der Waals surface area contributed by atoms with Crippen LogP contribution in [0.5, 0.6) is 0 Å². The highest BCUT2D eigenvalue weighted by molar-refractivity contribution is 7.65. The number of nitrogens with zero attached hydrogens (tertiary/aromatic N) is 5. The van der Waals surface area contributed by atoms with E-state index in [1.807, 2.05) is 35.9 Å². The Morgan fingerprint density at radius 2 is 2.00 bits per heavy atom. The SMILES string of the molecule is C=C/C=C(\C=C/C)Cn1nc(-c2ncc(F)c(P3CCCCCCC3)n2)cc1-c1ccon1. The number of aromatic nitrogens is 5. The van der Waals surface area contributed by atoms with Crippen molar-refractivity contribution in [2.75, 3.05) is 12.3 Å². The molecule has 0 spiro atoms. The van der Waals surface area contributed by atoms with Crippen LogP contribution in [0, 0.1) is 5.82 Å². The van der Waals surface area contributed by atoms with Gasteiger partial charge in [-0.25, -0.2) is 14.4 Å². The molecule has 0 N–H and O–H groups in total. The Kier molecular flexibility index (Phi) is 7.95. The molecule has 0 radical (unpaired) electrons. The molecule has 1 aliphatic rings. The Balaban J connectivity index is 1.71. The molecule has 1 fully saturated rings. The third-order valence-electron chi connectivity index (χ3n) is 5.64. The first-order chi connectivity index (χ1) is 16.2. The second-order valence-corrected chi connectivity index (χ2v) is 10.5. The summed E-state index contributed by atoms with van der Waals surface area (Å²) >= 11 is 0. The van der Waals surface area contributed by atoms with Gasteiger partial charge < -0.3 is 4.52 Å². The van der Waals surface area contributed by atoms with Gasteiger partial charge in [0.1, 0.15) is 23.1 Å². The van der Waals surface area contributed by atoms with Gasteiger partial charge in [-0.1, -0.05) is 63.2 Å². The lowest BCUT2D eigenvalue weighted by Crippen LogP contribution is -2.18. The monoisotopic (exact) mass is 465 g/mol. The van der Waals surface area contributed by atoms with E-state index in [9.17, 15) is 4.39 Å². The molecule has 0 saturated carbocycles. The topological polar surface area (TPSA) is 69.6 Å². The fourth-order valence-electron chi connectivity index (χ4n) is 4.06. The predicted molar refractivity (Wildman–Crippen MR) is 131 cm³/mol. The number of allylic oxidation sites excluding steroid dienone is 5. The van der Waals surface area contributed by atoms with Gasteiger partial charge in [0.25, 0.3) is 0 Å². The highest BCUT2D eigenvalue weighted by Crippen LogP contribution is 2.39. The Hall–Kier alpha value is -2.92. The third-order valence-corrected chi connectivity index (χ3v) is 8.26. The normalized spacial score (nSPS) is 16.1. The summed E-state index contributed by atoms with van der Waals surface area (Å²) in [6, 6.07) is 3.68. The smallest absolute Gasteiger partial charge is 0.180 e. The summed E-state index contributed by atoms with van der Waals surface area (Å²) in [5.74, 6) is 0.144. The lowest BCUT2D eigenvalue weighted by molar-refractivity contribution is 0.421. The highest BCUT2D eigenvalue weighted by Gasteiger charge is 2.22. The van der Waals surface area contributed by atoms with E-state index in [1.54, 1.807) is 12.1 Å². The first-order valence-electron chi connectivity index (χ1n) is 11.4. The fourth-order valence-corrected chi connectivity index (χ4v) is 6.51. The van der Waals surface area contributed by atoms with E-state index in [0.29, 0.717) is 29.2 Å². The van der Waals surface area contributed by atoms with Crippen molar-refractivity contribution in [3.05, 3.63) is 66.9 Å². The van der Waals surface area contributed by atoms with Crippen molar-refractivity contribution in [2.45, 2.75) is 45.6 Å². The zero-order valence-corrected chi connectivity index (χ0v) is 19.8. The molecule has 4 rings (SSSR count). The van der Waals surface area contributed by atoms with E-state index in [4.69, 9.17) is 14.6 Å². The molecule has 172 valence electrons. The molecule has 33 heavy (non-hydrogen) atoms. The van der Waals surface area contributed by atoms with Crippen molar-refractivity contribution in [3.63, 3.8) is 0 Å². The molecule has 0 atom stereocenters. The van der Waals surface area contributed by atoms with E-state index in [1.165, 1.54) is 31.7 Å². The zero-order chi connectivity index (χ0) is 23.0. The summed E-state index contributed by atoms with van der Waals surface area (Å²) in [7, 11) is -0.616. The van der Waals surface area contributed by atoms with E-state index >= 15 is 0 Å². The van der Waals surface area contributed by atoms with Crippen LogP contribution in [0.1, 0.15) is 39.0 Å². The van der Waals surface area contributed by atoms with Crippen LogP contribution in [0.15, 0.2) is 65.6 Å². The quantitative estimate of drug-likeness (QED) is 0.321. The predicted octanol–water partition coefficient (Wildman–Crippen LogP) is 5.89. The van der Waals surface area contributed by atoms with Crippen LogP contribution in [-0.2, 0) is 6.54 Å². The molecule has 1 aliphatic heterocycles. The van der Waals surface area contributed by atoms with Crippen LogP contribution < -0.4 is 5.44 Å². The summed E-state index contributed by atoms with van der Waals surface area (Å²) in [4.78, 5) is 9.00. The summed E-state index contributed by atoms with van der Waals surface area (Å²) in [6.07, 6.45) is 18.6. The minimum Gasteiger partial charge on any atom is -0.364 e. The minimum atomic E-state index is -0.616. The van der Waals surface area contributed by atoms with Crippen LogP contribution in [0.3, 0.4) is 0 Å². The molecule has 0 aliphatic carbocycles. The van der Waals surface area contributed by atoms with Crippen molar-refractivity contribution in [2.24, 2.45) is 0 Å². The van der Waals surface area contributed by atoms with E-state index in [0.717, 1.165) is 36.4 Å². The van der Waals surface area contributed by atoms with Gasteiger partial charge in [0, 0.05) is 6.07 Å². The van der Waals surface area contributed by atoms with Gasteiger partial charge in [0.05, 0.1) is 18.4 Å². The number of halogens is 1. The standard InChI is InChI=1S/C25H29FN5OP/c1-3-10-19(11-4-2)18-31-23(21-12-13-32-30-21)16-22(29-31)24-27-17-20(26)25(28-24)33-14-8-6-5-7-9-15-33/h3-4,10-13,16-17H,1,5-9,14-15,18H2,2H3/b11-4-,19-10+. The lowest BCUT2D eigenvalue weighted by Gasteiger charge is -2.20. The molecule has 0 amide bonds. The van der Waals surface area contributed by atoms with E-state index < -0.39 is 7.92 Å². The third kappa shape index (κ3) is 5.72. The van der Waals surface area contributed by atoms with Gasteiger partial charge in [-0.05, 0) is 43.7 Å². The highest BCUT2D eigenvalue weighted by atomic mass is 31.1. The Labute approximate surface area is 195 Å². The molecule has 4 heterocycles. The lowest BCUT2D eigenvalue weighted by atomic mass is 10.2. The molecule has 0 unspecified atom stereocenters. The number of rotatable bonds is 7. The largest absolute Gasteiger partial charge is 0.364 e. The second kappa shape index (κ2) is 11.3. The molecular weight excluding hydrogens is 436 g/mol. The average molecular weight is 466 g/mol. The maximum Gasteiger partial charge on any atom is 0.180 e. The van der Waals surface area contributed by atoms with Crippen LogP contribution in [-0.4, -0.2) is 37.2 Å². The van der Waals surface area contributed by atoms with Gasteiger partial charge in [-0.3, -0.25) is 4.68 Å². The Morgan fingerprint density at radius 3 is 2.70 bits per heavy atom. The molecule has 8 heteroatoms. The first-order valence-corrected chi connectivity index (χ1v) is 13.1. The van der Waals surface area contributed by atoms with Gasteiger partial charge in [-0.15, -0.1) is 0 Å². The Morgan fingerprint density at radius 1 is 1.21 bits per heavy atom. The van der Waals surface area contributed by atoms with Crippen LogP contribution in [0.4, 0.5) is 4.39 Å². The van der Waals surface area contributed by atoms with Crippen molar-refractivity contribution in [1.82, 2.24) is 24.9 Å². The van der Waals surface area contributed by atoms with Crippen LogP contribution >= 0.6 is 7.92 Å². The van der Waals surface area contributed by atoms with Gasteiger partial charge in [0.15, 0.2) is 11.6 Å². The molecule has 3 aromatic rings. The maximum absolute atomic E-state index is 14.8. The number of hydrogen-bond acceptors (Lipinski definition) is 5. The molecule has 0 aromatic carbocycles. The summed E-state index contributed by atoms with van der Waals surface area (Å²) < 4.78 is 21.7. The summed E-state index contributed by atoms with van der Waals surface area (Å²) in [5.41, 5.74) is 3.65. The van der Waals surface area contributed by atoms with Gasteiger partial charge in [0.2, 0.25) is 0 Å². The van der Waals surface area contributed by atoms with Crippen molar-refractivity contribution in [3.8, 4) is 22.9 Å². The number of hydrogen-bond donors (Lipinski definition) is 0. The first kappa shape index (κ1) is 23.2. The maximum atomic E-state index is 14.8. The Bertz CT molecular complexity index is 1130. The molecule has 3 aromatic heterocycles. The van der Waals surface area contributed by atoms with Crippen LogP contribution in [0.2, 0.25) is 0 Å². The zero-order valence-electron chi connectivity index (χ0n) is 19.0. The van der Waals surface area contributed by atoms with Crippen molar-refractivity contribution < 1.29 is 8.91 Å². The minimum absolute atomic E-state index is 0.300. The fraction of sp³-hybridized carbons (Fsp3) is 0.360. The van der Waals surface area contributed by atoms with E-state index in [-0.39, 0.29) is 5.82 Å². The van der Waals surface area contributed by atoms with Crippen molar-refractivity contribution in [1.29, 1.82) is 0 Å². The summed E-state index contributed by atoms with van der Waals surface area (Å²) in [5, 5.41) is 8.86. The average Bonchev–Trinajstić information content (AvgIpc) is 3.45. The molecular formula is C25H29FN5OP. The molecule has 6 nitrogen and oxygen atoms in total. The summed E-state index contributed by atoms with van der Waals surface area (Å²) in [6.45, 7) is 6.28. The van der Waals surface area contributed by atoms with Gasteiger partial charge in [-0.2, -0.15) is 5.10 Å². The van der Waals surface area contributed by atoms with E-state index in [2.05, 4.69) is 16.7 Å². The van der Waals surface area contributed by atoms with Crippen molar-refractivity contribution >= 4 is 13.4 Å². The molecule has 1 saturated heterocycles.